The summed E-state index contributed by atoms with van der Waals surface area (Å²) in [6.45, 7) is 0. The third kappa shape index (κ3) is 2.55. The number of aromatic nitrogens is 2. The normalized spacial score (nSPS) is 9.75. The predicted molar refractivity (Wildman–Crippen MR) is 57.3 cm³/mol. The highest BCUT2D eigenvalue weighted by Crippen LogP contribution is 2.25. The summed E-state index contributed by atoms with van der Waals surface area (Å²) in [5.74, 6) is -0.286. The van der Waals surface area contributed by atoms with Gasteiger partial charge in [0.05, 0.1) is 0 Å². The summed E-state index contributed by atoms with van der Waals surface area (Å²) in [5, 5.41) is 16.7. The average Bonchev–Trinajstić information content (AvgIpc) is 2.30. The van der Waals surface area contributed by atoms with Crippen LogP contribution in [-0.4, -0.2) is 10.2 Å². The van der Waals surface area contributed by atoms with Crippen molar-refractivity contribution < 1.29 is 4.39 Å². The zero-order valence-corrected chi connectivity index (χ0v) is 8.91. The van der Waals surface area contributed by atoms with Crippen molar-refractivity contribution >= 4 is 11.8 Å². The Kier molecular flexibility index (Phi) is 3.13. The molecule has 16 heavy (non-hydrogen) atoms. The van der Waals surface area contributed by atoms with Gasteiger partial charge in [-0.05, 0) is 30.3 Å². The first kappa shape index (κ1) is 10.6. The minimum absolute atomic E-state index is 0.267. The number of hydrogen-bond acceptors (Lipinski definition) is 4. The lowest BCUT2D eigenvalue weighted by atomic mass is 10.4. The van der Waals surface area contributed by atoms with E-state index in [1.165, 1.54) is 23.9 Å². The summed E-state index contributed by atoms with van der Waals surface area (Å²) >= 11 is 1.30. The first-order chi connectivity index (χ1) is 7.78. The molecule has 0 bridgehead atoms. The Morgan fingerprint density at radius 1 is 1.19 bits per heavy atom. The monoisotopic (exact) mass is 231 g/mol. The lowest BCUT2D eigenvalue weighted by molar-refractivity contribution is 0.624. The number of nitrogens with zero attached hydrogens (tertiary/aromatic N) is 3. The van der Waals surface area contributed by atoms with E-state index in [1.807, 2.05) is 6.07 Å². The van der Waals surface area contributed by atoms with Gasteiger partial charge in [-0.3, -0.25) is 0 Å². The molecule has 3 nitrogen and oxygen atoms in total. The quantitative estimate of drug-likeness (QED) is 0.797. The third-order valence-electron chi connectivity index (χ3n) is 1.77. The molecule has 2 rings (SSSR count). The van der Waals surface area contributed by atoms with Crippen LogP contribution in [0.1, 0.15) is 5.69 Å². The Labute approximate surface area is 95.9 Å². The summed E-state index contributed by atoms with van der Waals surface area (Å²) in [7, 11) is 0. The van der Waals surface area contributed by atoms with Gasteiger partial charge in [-0.2, -0.15) is 5.26 Å². The van der Waals surface area contributed by atoms with Crippen molar-refractivity contribution in [1.29, 1.82) is 5.26 Å². The second kappa shape index (κ2) is 4.73. The molecule has 0 N–H and O–H groups in total. The molecule has 1 aromatic heterocycles. The average molecular weight is 231 g/mol. The van der Waals surface area contributed by atoms with Crippen LogP contribution in [0.25, 0.3) is 0 Å². The van der Waals surface area contributed by atoms with Crippen LogP contribution in [0.2, 0.25) is 0 Å². The number of rotatable bonds is 2. The van der Waals surface area contributed by atoms with E-state index in [0.29, 0.717) is 5.03 Å². The van der Waals surface area contributed by atoms with Crippen LogP contribution in [0.4, 0.5) is 4.39 Å². The van der Waals surface area contributed by atoms with Gasteiger partial charge in [0.2, 0.25) is 0 Å². The van der Waals surface area contributed by atoms with E-state index in [2.05, 4.69) is 10.2 Å². The third-order valence-corrected chi connectivity index (χ3v) is 2.69. The van der Waals surface area contributed by atoms with E-state index in [1.54, 1.807) is 24.3 Å². The van der Waals surface area contributed by atoms with Crippen molar-refractivity contribution in [2.45, 2.75) is 9.92 Å². The van der Waals surface area contributed by atoms with Crippen molar-refractivity contribution in [3.8, 4) is 6.07 Å². The maximum Gasteiger partial charge on any atom is 0.163 e. The molecule has 5 heteroatoms. The van der Waals surface area contributed by atoms with Gasteiger partial charge in [-0.15, -0.1) is 10.2 Å². The van der Waals surface area contributed by atoms with E-state index in [0.717, 1.165) is 4.90 Å². The van der Waals surface area contributed by atoms with Gasteiger partial charge >= 0.3 is 0 Å². The van der Waals surface area contributed by atoms with Crippen molar-refractivity contribution in [2.24, 2.45) is 0 Å². The lowest BCUT2D eigenvalue weighted by Crippen LogP contribution is -1.88. The maximum atomic E-state index is 12.9. The van der Waals surface area contributed by atoms with Gasteiger partial charge in [0.15, 0.2) is 5.69 Å². The molecule has 0 unspecified atom stereocenters. The van der Waals surface area contributed by atoms with Crippen LogP contribution in [0.15, 0.2) is 46.3 Å². The van der Waals surface area contributed by atoms with E-state index < -0.39 is 0 Å². The molecule has 0 saturated carbocycles. The molecule has 0 fully saturated rings. The van der Waals surface area contributed by atoms with E-state index in [-0.39, 0.29) is 11.5 Å². The number of hydrogen-bond donors (Lipinski definition) is 0. The largest absolute Gasteiger partial charge is 0.207 e. The zero-order valence-electron chi connectivity index (χ0n) is 8.09. The van der Waals surface area contributed by atoms with Gasteiger partial charge in [0.25, 0.3) is 0 Å². The molecule has 0 atom stereocenters. The van der Waals surface area contributed by atoms with Gasteiger partial charge in [-0.1, -0.05) is 17.8 Å². The van der Waals surface area contributed by atoms with Crippen LogP contribution < -0.4 is 0 Å². The van der Waals surface area contributed by atoms with Gasteiger partial charge in [-0.25, -0.2) is 4.39 Å². The Hall–Kier alpha value is -1.93. The minimum atomic E-state index is -0.286. The maximum absolute atomic E-state index is 12.9. The standard InChI is InChI=1S/C11H6FN3S/c12-8-2-1-3-10(6-8)16-11-5-4-9(7-13)14-15-11/h1-6H. The second-order valence-corrected chi connectivity index (χ2v) is 4.02. The molecule has 0 aliphatic carbocycles. The summed E-state index contributed by atoms with van der Waals surface area (Å²) in [4.78, 5) is 0.749. The molecule has 78 valence electrons. The number of benzene rings is 1. The van der Waals surface area contributed by atoms with Gasteiger partial charge in [0, 0.05) is 4.90 Å². The van der Waals surface area contributed by atoms with Gasteiger partial charge in [0.1, 0.15) is 16.9 Å². The van der Waals surface area contributed by atoms with Crippen LogP contribution in [-0.2, 0) is 0 Å². The highest BCUT2D eigenvalue weighted by Gasteiger charge is 2.01. The fourth-order valence-corrected chi connectivity index (χ4v) is 1.86. The molecule has 0 saturated heterocycles. The van der Waals surface area contributed by atoms with E-state index in [4.69, 9.17) is 5.26 Å². The molecular weight excluding hydrogens is 225 g/mol. The fraction of sp³-hybridized carbons (Fsp3) is 0. The molecule has 1 aromatic carbocycles. The van der Waals surface area contributed by atoms with Crippen molar-refractivity contribution in [3.63, 3.8) is 0 Å². The highest BCUT2D eigenvalue weighted by atomic mass is 32.2. The molecule has 0 aliphatic heterocycles. The minimum Gasteiger partial charge on any atom is -0.207 e. The van der Waals surface area contributed by atoms with Crippen LogP contribution >= 0.6 is 11.8 Å². The first-order valence-electron chi connectivity index (χ1n) is 4.45. The molecule has 0 amide bonds. The van der Waals surface area contributed by atoms with Crippen molar-refractivity contribution in [1.82, 2.24) is 10.2 Å². The van der Waals surface area contributed by atoms with Crippen LogP contribution in [0.5, 0.6) is 0 Å². The lowest BCUT2D eigenvalue weighted by Gasteiger charge is -1.99. The Morgan fingerprint density at radius 3 is 2.69 bits per heavy atom. The molecule has 0 spiro atoms. The smallest absolute Gasteiger partial charge is 0.163 e. The van der Waals surface area contributed by atoms with E-state index in [9.17, 15) is 4.39 Å². The summed E-state index contributed by atoms with van der Waals surface area (Å²) in [5.41, 5.74) is 0.267. The predicted octanol–water partition coefficient (Wildman–Crippen LogP) is 2.64. The molecular formula is C11H6FN3S. The summed E-state index contributed by atoms with van der Waals surface area (Å²) < 4.78 is 12.9. The first-order valence-corrected chi connectivity index (χ1v) is 5.27. The van der Waals surface area contributed by atoms with Crippen molar-refractivity contribution in [2.75, 3.05) is 0 Å². The molecule has 2 aromatic rings. The topological polar surface area (TPSA) is 49.6 Å². The molecule has 1 heterocycles. The number of halogens is 1. The summed E-state index contributed by atoms with van der Waals surface area (Å²) in [6.07, 6.45) is 0. The van der Waals surface area contributed by atoms with Gasteiger partial charge < -0.3 is 0 Å². The van der Waals surface area contributed by atoms with Crippen molar-refractivity contribution in [3.05, 3.63) is 47.9 Å². The SMILES string of the molecule is N#Cc1ccc(Sc2cccc(F)c2)nn1. The number of nitriles is 1. The Morgan fingerprint density at radius 2 is 2.06 bits per heavy atom. The molecule has 0 aliphatic rings. The van der Waals surface area contributed by atoms with E-state index >= 15 is 0 Å². The zero-order chi connectivity index (χ0) is 11.4. The van der Waals surface area contributed by atoms with Crippen LogP contribution in [0, 0.1) is 17.1 Å². The summed E-state index contributed by atoms with van der Waals surface area (Å²) in [6, 6.07) is 11.4. The highest BCUT2D eigenvalue weighted by molar-refractivity contribution is 7.99. The fourth-order valence-electron chi connectivity index (χ4n) is 1.09. The second-order valence-electron chi connectivity index (χ2n) is 2.93. The van der Waals surface area contributed by atoms with Crippen LogP contribution in [0.3, 0.4) is 0 Å². The molecule has 0 radical (unpaired) electrons. The Balaban J connectivity index is 2.18. The Bertz CT molecular complexity index is 534.